The van der Waals surface area contributed by atoms with Crippen molar-refractivity contribution in [2.45, 2.75) is 26.0 Å². The Kier molecular flexibility index (Phi) is 5.13. The largest absolute Gasteiger partial charge is 0.356 e. The van der Waals surface area contributed by atoms with Gasteiger partial charge >= 0.3 is 0 Å². The maximum atomic E-state index is 13.5. The number of morpholine rings is 1. The Balaban J connectivity index is 2.38. The van der Waals surface area contributed by atoms with Crippen LogP contribution in [0.4, 0.5) is 4.39 Å². The van der Waals surface area contributed by atoms with E-state index in [0.717, 1.165) is 0 Å². The summed E-state index contributed by atoms with van der Waals surface area (Å²) in [6, 6.07) is 5.32. The molecule has 120 valence electrons. The number of benzene rings is 1. The van der Waals surface area contributed by atoms with Crippen molar-refractivity contribution >= 4 is 11.8 Å². The first-order chi connectivity index (χ1) is 10.5. The Hall–Kier alpha value is -1.95. The van der Waals surface area contributed by atoms with Gasteiger partial charge in [0.2, 0.25) is 5.91 Å². The van der Waals surface area contributed by atoms with Crippen LogP contribution >= 0.6 is 0 Å². The monoisotopic (exact) mass is 308 g/mol. The fourth-order valence-electron chi connectivity index (χ4n) is 2.72. The molecule has 1 aliphatic rings. The smallest absolute Gasteiger partial charge is 0.254 e. The molecular weight excluding hydrogens is 287 g/mol. The summed E-state index contributed by atoms with van der Waals surface area (Å²) in [7, 11) is 1.61. The van der Waals surface area contributed by atoms with Crippen LogP contribution in [0, 0.1) is 5.82 Å². The molecule has 0 N–H and O–H groups in total. The lowest BCUT2D eigenvalue weighted by atomic mass is 9.97. The van der Waals surface area contributed by atoms with Gasteiger partial charge in [0.1, 0.15) is 12.4 Å². The van der Waals surface area contributed by atoms with E-state index in [4.69, 9.17) is 4.74 Å². The van der Waals surface area contributed by atoms with Gasteiger partial charge in [-0.25, -0.2) is 4.39 Å². The predicted molar refractivity (Wildman–Crippen MR) is 79.6 cm³/mol. The van der Waals surface area contributed by atoms with E-state index in [1.54, 1.807) is 24.1 Å². The lowest BCUT2D eigenvalue weighted by molar-refractivity contribution is -0.167. The van der Waals surface area contributed by atoms with Crippen molar-refractivity contribution in [3.05, 3.63) is 35.6 Å². The van der Waals surface area contributed by atoms with E-state index >= 15 is 0 Å². The number of amides is 2. The summed E-state index contributed by atoms with van der Waals surface area (Å²) in [4.78, 5) is 27.7. The van der Waals surface area contributed by atoms with Crippen molar-refractivity contribution < 1.29 is 18.7 Å². The Morgan fingerprint density at radius 1 is 1.41 bits per heavy atom. The molecule has 1 heterocycles. The van der Waals surface area contributed by atoms with Crippen molar-refractivity contribution in [3.63, 3.8) is 0 Å². The molecule has 1 aromatic rings. The fourth-order valence-corrected chi connectivity index (χ4v) is 2.72. The average Bonchev–Trinajstić information content (AvgIpc) is 2.50. The van der Waals surface area contributed by atoms with E-state index in [9.17, 15) is 14.0 Å². The number of halogens is 1. The Bertz CT molecular complexity index is 560. The van der Waals surface area contributed by atoms with E-state index in [0.29, 0.717) is 18.7 Å². The van der Waals surface area contributed by atoms with E-state index < -0.39 is 18.0 Å². The third-order valence-electron chi connectivity index (χ3n) is 3.99. The van der Waals surface area contributed by atoms with E-state index in [1.807, 2.05) is 13.8 Å². The number of nitrogens with zero attached hydrogens (tertiary/aromatic N) is 2. The van der Waals surface area contributed by atoms with Gasteiger partial charge < -0.3 is 14.5 Å². The number of likely N-dealkylation sites (N-methyl/N-ethyl adjacent to an activating group) is 2. The summed E-state index contributed by atoms with van der Waals surface area (Å²) >= 11 is 0. The van der Waals surface area contributed by atoms with Crippen molar-refractivity contribution in [2.24, 2.45) is 0 Å². The molecule has 2 rings (SSSR count). The topological polar surface area (TPSA) is 49.9 Å². The van der Waals surface area contributed by atoms with Crippen molar-refractivity contribution in [1.29, 1.82) is 0 Å². The minimum Gasteiger partial charge on any atom is -0.356 e. The molecular formula is C16H21FN2O3. The molecule has 2 amide bonds. The van der Waals surface area contributed by atoms with Gasteiger partial charge in [-0.3, -0.25) is 9.59 Å². The second-order valence-electron chi connectivity index (χ2n) is 5.25. The molecule has 1 saturated heterocycles. The summed E-state index contributed by atoms with van der Waals surface area (Å²) in [6.07, 6.45) is -0.815. The van der Waals surface area contributed by atoms with E-state index in [2.05, 4.69) is 0 Å². The maximum Gasteiger partial charge on any atom is 0.254 e. The molecule has 0 aliphatic carbocycles. The number of rotatable bonds is 4. The molecule has 1 fully saturated rings. The molecule has 0 saturated carbocycles. The first-order valence-corrected chi connectivity index (χ1v) is 7.41. The Labute approximate surface area is 129 Å². The quantitative estimate of drug-likeness (QED) is 0.849. The van der Waals surface area contributed by atoms with Crippen molar-refractivity contribution in [2.75, 3.05) is 26.7 Å². The van der Waals surface area contributed by atoms with Crippen LogP contribution in [0.25, 0.3) is 0 Å². The molecule has 5 nitrogen and oxygen atoms in total. The SMILES string of the molecule is CCN(CC)C(=O)[C@H]1OCC(=O)N(C)[C@H]1c1cccc(F)c1. The zero-order chi connectivity index (χ0) is 16.3. The van der Waals surface area contributed by atoms with Crippen molar-refractivity contribution in [3.8, 4) is 0 Å². The van der Waals surface area contributed by atoms with Crippen LogP contribution < -0.4 is 0 Å². The minimum atomic E-state index is -0.815. The molecule has 0 unspecified atom stereocenters. The highest BCUT2D eigenvalue weighted by molar-refractivity contribution is 5.86. The lowest BCUT2D eigenvalue weighted by Gasteiger charge is -2.40. The van der Waals surface area contributed by atoms with Crippen LogP contribution in [0.1, 0.15) is 25.5 Å². The molecule has 2 atom stereocenters. The van der Waals surface area contributed by atoms with E-state index in [-0.39, 0.29) is 18.4 Å². The van der Waals surface area contributed by atoms with Gasteiger partial charge in [0.25, 0.3) is 5.91 Å². The third-order valence-corrected chi connectivity index (χ3v) is 3.99. The van der Waals surface area contributed by atoms with Gasteiger partial charge in [-0.1, -0.05) is 12.1 Å². The lowest BCUT2D eigenvalue weighted by Crippen LogP contribution is -2.53. The summed E-state index contributed by atoms with van der Waals surface area (Å²) in [6.45, 7) is 4.75. The van der Waals surface area contributed by atoms with E-state index in [1.165, 1.54) is 17.0 Å². The molecule has 0 spiro atoms. The van der Waals surface area contributed by atoms with Gasteiger partial charge in [0.15, 0.2) is 6.10 Å². The van der Waals surface area contributed by atoms with Crippen molar-refractivity contribution in [1.82, 2.24) is 9.80 Å². The maximum absolute atomic E-state index is 13.5. The molecule has 0 bridgehead atoms. The second kappa shape index (κ2) is 6.87. The summed E-state index contributed by atoms with van der Waals surface area (Å²) < 4.78 is 19.0. The van der Waals surface area contributed by atoms with Crippen LogP contribution in [0.5, 0.6) is 0 Å². The number of hydrogen-bond donors (Lipinski definition) is 0. The predicted octanol–water partition coefficient (Wildman–Crippen LogP) is 1.59. The standard InChI is InChI=1S/C16H21FN2O3/c1-4-19(5-2)16(21)15-14(18(3)13(20)10-22-15)11-7-6-8-12(17)9-11/h6-9,14-15H,4-5,10H2,1-3H3/t14-,15-/m0/s1. The van der Waals surface area contributed by atoms with Gasteiger partial charge in [0, 0.05) is 20.1 Å². The van der Waals surface area contributed by atoms with Crippen LogP contribution in [-0.2, 0) is 14.3 Å². The molecule has 6 heteroatoms. The zero-order valence-electron chi connectivity index (χ0n) is 13.1. The average molecular weight is 308 g/mol. The third kappa shape index (κ3) is 3.11. The van der Waals surface area contributed by atoms with Gasteiger partial charge in [-0.2, -0.15) is 0 Å². The normalized spacial score (nSPS) is 21.8. The van der Waals surface area contributed by atoms with Crippen LogP contribution in [0.2, 0.25) is 0 Å². The minimum absolute atomic E-state index is 0.139. The second-order valence-corrected chi connectivity index (χ2v) is 5.25. The first-order valence-electron chi connectivity index (χ1n) is 7.41. The van der Waals surface area contributed by atoms with Crippen LogP contribution in [0.15, 0.2) is 24.3 Å². The summed E-state index contributed by atoms with van der Waals surface area (Å²) in [5.74, 6) is -0.811. The molecule has 0 radical (unpaired) electrons. The zero-order valence-corrected chi connectivity index (χ0v) is 13.1. The Morgan fingerprint density at radius 2 is 2.09 bits per heavy atom. The highest BCUT2D eigenvalue weighted by Crippen LogP contribution is 2.30. The number of carbonyl (C=O) groups is 2. The summed E-state index contributed by atoms with van der Waals surface area (Å²) in [5, 5.41) is 0. The van der Waals surface area contributed by atoms with Crippen LogP contribution in [-0.4, -0.2) is 54.5 Å². The number of hydrogen-bond acceptors (Lipinski definition) is 3. The number of carbonyl (C=O) groups excluding carboxylic acids is 2. The number of ether oxygens (including phenoxy) is 1. The molecule has 0 aromatic heterocycles. The first kappa shape index (κ1) is 16.4. The van der Waals surface area contributed by atoms with Gasteiger partial charge in [0.05, 0.1) is 6.04 Å². The highest BCUT2D eigenvalue weighted by atomic mass is 19.1. The molecule has 22 heavy (non-hydrogen) atoms. The Morgan fingerprint density at radius 3 is 2.68 bits per heavy atom. The van der Waals surface area contributed by atoms with Gasteiger partial charge in [-0.05, 0) is 31.5 Å². The molecule has 1 aliphatic heterocycles. The molecule has 1 aromatic carbocycles. The highest BCUT2D eigenvalue weighted by Gasteiger charge is 2.41. The van der Waals surface area contributed by atoms with Crippen LogP contribution in [0.3, 0.4) is 0 Å². The fraction of sp³-hybridized carbons (Fsp3) is 0.500. The summed E-state index contributed by atoms with van der Waals surface area (Å²) in [5.41, 5.74) is 0.557. The van der Waals surface area contributed by atoms with Gasteiger partial charge in [-0.15, -0.1) is 0 Å².